The van der Waals surface area contributed by atoms with E-state index in [0.29, 0.717) is 23.6 Å². The normalized spacial score (nSPS) is 17.1. The number of hydrogen-bond donors (Lipinski definition) is 1. The topological polar surface area (TPSA) is 72.5 Å². The third kappa shape index (κ3) is 5.62. The molecule has 1 heterocycles. The Bertz CT molecular complexity index is 1290. The van der Waals surface area contributed by atoms with Gasteiger partial charge in [-0.3, -0.25) is 4.79 Å². The molecule has 1 N–H and O–H groups in total. The average Bonchev–Trinajstić information content (AvgIpc) is 3.14. The number of unbranched alkanes of at least 4 members (excludes halogenated alkanes) is 1. The summed E-state index contributed by atoms with van der Waals surface area (Å²) in [6.07, 6.45) is 4.31. The summed E-state index contributed by atoms with van der Waals surface area (Å²) >= 11 is 5.98. The van der Waals surface area contributed by atoms with Crippen molar-refractivity contribution in [2.24, 2.45) is 0 Å². The lowest BCUT2D eigenvalue weighted by Crippen LogP contribution is -2.32. The van der Waals surface area contributed by atoms with Gasteiger partial charge in [0.15, 0.2) is 0 Å². The summed E-state index contributed by atoms with van der Waals surface area (Å²) in [5.74, 6) is 0.0442. The van der Waals surface area contributed by atoms with Crippen LogP contribution in [0.5, 0.6) is 5.75 Å². The Morgan fingerprint density at radius 3 is 2.38 bits per heavy atom. The van der Waals surface area contributed by atoms with Crippen LogP contribution in [0.2, 0.25) is 5.02 Å². The van der Waals surface area contributed by atoms with Crippen molar-refractivity contribution >= 4 is 27.5 Å². The first-order chi connectivity index (χ1) is 16.2. The number of nitrogens with one attached hydrogen (secondary N) is 1. The van der Waals surface area contributed by atoms with Gasteiger partial charge in [-0.05, 0) is 78.9 Å². The number of ether oxygens (including phenoxy) is 1. The maximum atomic E-state index is 12.8. The molecule has 0 saturated heterocycles. The standard InChI is InChI=1S/C27H28ClNO4S/c1-3-4-5-19-8-13-24(14-9-19)34(31,32)29-26(30)21-10-15-25-22(16-21)18-27(2,33-25)17-20-6-11-23(28)12-7-20/h6-16H,3-5,17-18H2,1-2H3,(H,29,30). The van der Waals surface area contributed by atoms with Gasteiger partial charge in [-0.25, -0.2) is 13.1 Å². The number of rotatable bonds is 8. The molecule has 0 bridgehead atoms. The Kier molecular flexibility index (Phi) is 7.01. The zero-order chi connectivity index (χ0) is 24.3. The molecule has 4 rings (SSSR count). The first-order valence-corrected chi connectivity index (χ1v) is 13.3. The minimum absolute atomic E-state index is 0.0705. The van der Waals surface area contributed by atoms with E-state index in [1.165, 1.54) is 0 Å². The summed E-state index contributed by atoms with van der Waals surface area (Å²) in [7, 11) is -3.97. The zero-order valence-corrected chi connectivity index (χ0v) is 20.9. The molecule has 3 aromatic carbocycles. The summed E-state index contributed by atoms with van der Waals surface area (Å²) < 4.78 is 33.9. The van der Waals surface area contributed by atoms with Crippen molar-refractivity contribution in [2.45, 2.75) is 56.4 Å². The summed E-state index contributed by atoms with van der Waals surface area (Å²) in [5, 5.41) is 0.683. The van der Waals surface area contributed by atoms with E-state index in [-0.39, 0.29) is 10.5 Å². The fourth-order valence-electron chi connectivity index (χ4n) is 4.25. The van der Waals surface area contributed by atoms with Crippen molar-refractivity contribution in [3.63, 3.8) is 0 Å². The van der Waals surface area contributed by atoms with Crippen LogP contribution in [0, 0.1) is 0 Å². The van der Waals surface area contributed by atoms with Crippen molar-refractivity contribution in [1.29, 1.82) is 0 Å². The van der Waals surface area contributed by atoms with E-state index < -0.39 is 21.5 Å². The molecule has 7 heteroatoms. The minimum Gasteiger partial charge on any atom is -0.487 e. The second-order valence-corrected chi connectivity index (χ2v) is 11.2. The highest BCUT2D eigenvalue weighted by Gasteiger charge is 2.35. The highest BCUT2D eigenvalue weighted by Crippen LogP contribution is 2.37. The number of carbonyl (C=O) groups excluding carboxylic acids is 1. The zero-order valence-electron chi connectivity index (χ0n) is 19.3. The summed E-state index contributed by atoms with van der Waals surface area (Å²) in [6, 6.07) is 19.3. The Hall–Kier alpha value is -2.83. The van der Waals surface area contributed by atoms with E-state index in [9.17, 15) is 13.2 Å². The molecule has 0 radical (unpaired) electrons. The van der Waals surface area contributed by atoms with Gasteiger partial charge in [0.2, 0.25) is 0 Å². The molecule has 1 aliphatic rings. The molecule has 3 aromatic rings. The Balaban J connectivity index is 1.44. The van der Waals surface area contributed by atoms with Crippen LogP contribution in [-0.2, 0) is 29.3 Å². The molecular weight excluding hydrogens is 470 g/mol. The number of carbonyl (C=O) groups is 1. The largest absolute Gasteiger partial charge is 0.487 e. The molecule has 178 valence electrons. The molecule has 0 aliphatic carbocycles. The van der Waals surface area contributed by atoms with Crippen LogP contribution in [0.3, 0.4) is 0 Å². The number of benzene rings is 3. The van der Waals surface area contributed by atoms with Gasteiger partial charge in [-0.15, -0.1) is 0 Å². The lowest BCUT2D eigenvalue weighted by atomic mass is 9.91. The lowest BCUT2D eigenvalue weighted by Gasteiger charge is -2.24. The van der Waals surface area contributed by atoms with Gasteiger partial charge in [0, 0.05) is 23.4 Å². The number of amides is 1. The number of hydrogen-bond acceptors (Lipinski definition) is 4. The van der Waals surface area contributed by atoms with Gasteiger partial charge in [-0.2, -0.15) is 0 Å². The second-order valence-electron chi connectivity index (χ2n) is 9.04. The molecule has 0 fully saturated rings. The quantitative estimate of drug-likeness (QED) is 0.431. The van der Waals surface area contributed by atoms with Crippen LogP contribution in [0.4, 0.5) is 0 Å². The monoisotopic (exact) mass is 497 g/mol. The van der Waals surface area contributed by atoms with Crippen molar-refractivity contribution in [2.75, 3.05) is 0 Å². The second kappa shape index (κ2) is 9.80. The number of sulfonamides is 1. The summed E-state index contributed by atoms with van der Waals surface area (Å²) in [6.45, 7) is 4.13. The molecule has 34 heavy (non-hydrogen) atoms. The van der Waals surface area contributed by atoms with Gasteiger partial charge < -0.3 is 4.74 Å². The van der Waals surface area contributed by atoms with E-state index in [1.54, 1.807) is 42.5 Å². The van der Waals surface area contributed by atoms with Crippen LogP contribution in [0.1, 0.15) is 53.7 Å². The van der Waals surface area contributed by atoms with Crippen molar-refractivity contribution < 1.29 is 17.9 Å². The van der Waals surface area contributed by atoms with Gasteiger partial charge in [-0.1, -0.05) is 49.2 Å². The molecule has 1 aliphatic heterocycles. The predicted molar refractivity (Wildman–Crippen MR) is 134 cm³/mol. The van der Waals surface area contributed by atoms with Gasteiger partial charge >= 0.3 is 0 Å². The average molecular weight is 498 g/mol. The SMILES string of the molecule is CCCCc1ccc(S(=O)(=O)NC(=O)c2ccc3c(c2)CC(C)(Cc2ccc(Cl)cc2)O3)cc1. The first-order valence-electron chi connectivity index (χ1n) is 11.4. The molecule has 0 saturated carbocycles. The van der Waals surface area contributed by atoms with E-state index in [2.05, 4.69) is 11.6 Å². The molecule has 0 spiro atoms. The summed E-state index contributed by atoms with van der Waals surface area (Å²) in [5.41, 5.74) is 2.87. The maximum Gasteiger partial charge on any atom is 0.265 e. The fraction of sp³-hybridized carbons (Fsp3) is 0.296. The van der Waals surface area contributed by atoms with Gasteiger partial charge in [0.05, 0.1) is 4.90 Å². The van der Waals surface area contributed by atoms with Crippen molar-refractivity contribution in [3.05, 3.63) is 94.0 Å². The predicted octanol–water partition coefficient (Wildman–Crippen LogP) is 5.74. The van der Waals surface area contributed by atoms with Gasteiger partial charge in [0.25, 0.3) is 15.9 Å². The number of aryl methyl sites for hydroxylation is 1. The third-order valence-electron chi connectivity index (χ3n) is 6.01. The Morgan fingerprint density at radius 2 is 1.71 bits per heavy atom. The Labute approximate surface area is 206 Å². The summed E-state index contributed by atoms with van der Waals surface area (Å²) in [4.78, 5) is 12.9. The first kappa shape index (κ1) is 24.3. The molecular formula is C27H28ClNO4S. The minimum atomic E-state index is -3.97. The van der Waals surface area contributed by atoms with Crippen molar-refractivity contribution in [1.82, 2.24) is 4.72 Å². The van der Waals surface area contributed by atoms with Crippen molar-refractivity contribution in [3.8, 4) is 5.75 Å². The molecule has 1 atom stereocenters. The number of halogens is 1. The van der Waals surface area contributed by atoms with Crippen LogP contribution in [0.15, 0.2) is 71.6 Å². The van der Waals surface area contributed by atoms with Gasteiger partial charge in [0.1, 0.15) is 11.4 Å². The smallest absolute Gasteiger partial charge is 0.265 e. The van der Waals surface area contributed by atoms with E-state index in [1.807, 2.05) is 31.2 Å². The number of fused-ring (bicyclic) bond motifs is 1. The Morgan fingerprint density at radius 1 is 1.03 bits per heavy atom. The third-order valence-corrected chi connectivity index (χ3v) is 7.61. The van der Waals surface area contributed by atoms with Crippen LogP contribution >= 0.6 is 11.6 Å². The highest BCUT2D eigenvalue weighted by molar-refractivity contribution is 7.90. The van der Waals surface area contributed by atoms with E-state index >= 15 is 0 Å². The molecule has 1 unspecified atom stereocenters. The van der Waals surface area contributed by atoms with E-state index in [0.717, 1.165) is 36.0 Å². The lowest BCUT2D eigenvalue weighted by molar-refractivity contribution is 0.0981. The van der Waals surface area contributed by atoms with Crippen LogP contribution in [-0.4, -0.2) is 19.9 Å². The molecule has 1 amide bonds. The van der Waals surface area contributed by atoms with E-state index in [4.69, 9.17) is 16.3 Å². The van der Waals surface area contributed by atoms with Crippen LogP contribution < -0.4 is 9.46 Å². The maximum absolute atomic E-state index is 12.8. The molecule has 5 nitrogen and oxygen atoms in total. The van der Waals surface area contributed by atoms with Crippen LogP contribution in [0.25, 0.3) is 0 Å². The highest BCUT2D eigenvalue weighted by atomic mass is 35.5. The molecule has 0 aromatic heterocycles. The fourth-order valence-corrected chi connectivity index (χ4v) is 5.35.